The molecule has 4 nitrogen and oxygen atoms in total. The zero-order valence-corrected chi connectivity index (χ0v) is 10.4. The number of hydrogen-bond acceptors (Lipinski definition) is 4. The van der Waals surface area contributed by atoms with E-state index in [9.17, 15) is 4.79 Å². The van der Waals surface area contributed by atoms with Crippen LogP contribution in [0.4, 0.5) is 0 Å². The standard InChI is InChI=1S/C11H20N2O2S/c14-11(9-13-3-6-16-7-4-13)12-8-10-2-1-5-15-10/h10H,1-9H2,(H,12,14)/t10-/m0/s1. The molecule has 0 unspecified atom stereocenters. The van der Waals surface area contributed by atoms with E-state index in [4.69, 9.17) is 4.74 Å². The number of ether oxygens (including phenoxy) is 1. The average Bonchev–Trinajstić information content (AvgIpc) is 2.81. The van der Waals surface area contributed by atoms with Gasteiger partial charge in [-0.25, -0.2) is 0 Å². The number of nitrogens with one attached hydrogen (secondary N) is 1. The first kappa shape index (κ1) is 12.2. The molecule has 0 spiro atoms. The van der Waals surface area contributed by atoms with Crippen molar-refractivity contribution >= 4 is 17.7 Å². The number of amides is 1. The first-order valence-electron chi connectivity index (χ1n) is 6.03. The lowest BCUT2D eigenvalue weighted by Crippen LogP contribution is -2.43. The van der Waals surface area contributed by atoms with Gasteiger partial charge in [-0.3, -0.25) is 9.69 Å². The molecule has 2 aliphatic heterocycles. The fourth-order valence-electron chi connectivity index (χ4n) is 2.05. The Morgan fingerprint density at radius 1 is 1.44 bits per heavy atom. The summed E-state index contributed by atoms with van der Waals surface area (Å²) in [6.07, 6.45) is 2.46. The molecule has 1 N–H and O–H groups in total. The summed E-state index contributed by atoms with van der Waals surface area (Å²) in [4.78, 5) is 13.9. The van der Waals surface area contributed by atoms with E-state index in [0.29, 0.717) is 13.1 Å². The Morgan fingerprint density at radius 3 is 2.94 bits per heavy atom. The maximum Gasteiger partial charge on any atom is 0.234 e. The van der Waals surface area contributed by atoms with E-state index in [1.807, 2.05) is 11.8 Å². The number of carbonyl (C=O) groups is 1. The van der Waals surface area contributed by atoms with E-state index in [0.717, 1.165) is 44.0 Å². The van der Waals surface area contributed by atoms with Crippen LogP contribution in [0.25, 0.3) is 0 Å². The molecule has 92 valence electrons. The van der Waals surface area contributed by atoms with Crippen LogP contribution in [-0.4, -0.2) is 61.2 Å². The van der Waals surface area contributed by atoms with Crippen molar-refractivity contribution in [2.45, 2.75) is 18.9 Å². The molecular formula is C11H20N2O2S. The average molecular weight is 244 g/mol. The van der Waals surface area contributed by atoms with Crippen molar-refractivity contribution in [1.82, 2.24) is 10.2 Å². The molecule has 0 aromatic carbocycles. The molecule has 0 saturated carbocycles. The van der Waals surface area contributed by atoms with E-state index >= 15 is 0 Å². The van der Waals surface area contributed by atoms with Gasteiger partial charge in [0.1, 0.15) is 0 Å². The van der Waals surface area contributed by atoms with Crippen molar-refractivity contribution < 1.29 is 9.53 Å². The number of hydrogen-bond donors (Lipinski definition) is 1. The maximum atomic E-state index is 11.7. The van der Waals surface area contributed by atoms with Crippen LogP contribution in [0, 0.1) is 0 Å². The molecule has 2 fully saturated rings. The molecule has 2 aliphatic rings. The molecule has 2 saturated heterocycles. The van der Waals surface area contributed by atoms with E-state index in [2.05, 4.69) is 10.2 Å². The number of rotatable bonds is 4. The smallest absolute Gasteiger partial charge is 0.234 e. The maximum absolute atomic E-state index is 11.7. The predicted octanol–water partition coefficient (Wildman–Crippen LogP) is 0.330. The summed E-state index contributed by atoms with van der Waals surface area (Å²) in [5, 5.41) is 2.96. The molecular weight excluding hydrogens is 224 g/mol. The summed E-state index contributed by atoms with van der Waals surface area (Å²) in [5.74, 6) is 2.44. The summed E-state index contributed by atoms with van der Waals surface area (Å²) in [5.41, 5.74) is 0. The van der Waals surface area contributed by atoms with Gasteiger partial charge in [-0.1, -0.05) is 0 Å². The van der Waals surface area contributed by atoms with Crippen LogP contribution in [0.5, 0.6) is 0 Å². The summed E-state index contributed by atoms with van der Waals surface area (Å²) in [6, 6.07) is 0. The minimum Gasteiger partial charge on any atom is -0.376 e. The third kappa shape index (κ3) is 3.96. The largest absolute Gasteiger partial charge is 0.376 e. The second-order valence-electron chi connectivity index (χ2n) is 4.33. The summed E-state index contributed by atoms with van der Waals surface area (Å²) in [7, 11) is 0. The third-order valence-electron chi connectivity index (χ3n) is 3.02. The van der Waals surface area contributed by atoms with Gasteiger partial charge in [0.05, 0.1) is 12.6 Å². The van der Waals surface area contributed by atoms with Crippen LogP contribution in [-0.2, 0) is 9.53 Å². The zero-order valence-electron chi connectivity index (χ0n) is 9.61. The molecule has 0 radical (unpaired) electrons. The minimum atomic E-state index is 0.141. The van der Waals surface area contributed by atoms with Crippen LogP contribution >= 0.6 is 11.8 Å². The predicted molar refractivity (Wildman–Crippen MR) is 65.7 cm³/mol. The first-order valence-corrected chi connectivity index (χ1v) is 7.18. The van der Waals surface area contributed by atoms with Crippen LogP contribution < -0.4 is 5.32 Å². The highest BCUT2D eigenvalue weighted by Crippen LogP contribution is 2.11. The second kappa shape index (κ2) is 6.47. The van der Waals surface area contributed by atoms with E-state index in [-0.39, 0.29) is 12.0 Å². The molecule has 0 aromatic rings. The monoisotopic (exact) mass is 244 g/mol. The Balaban J connectivity index is 1.59. The third-order valence-corrected chi connectivity index (χ3v) is 3.96. The highest BCUT2D eigenvalue weighted by Gasteiger charge is 2.18. The van der Waals surface area contributed by atoms with Gasteiger partial charge in [0, 0.05) is 37.7 Å². The van der Waals surface area contributed by atoms with Crippen molar-refractivity contribution in [3.05, 3.63) is 0 Å². The van der Waals surface area contributed by atoms with Crippen molar-refractivity contribution in [2.75, 3.05) is 44.3 Å². The lowest BCUT2D eigenvalue weighted by Gasteiger charge is -2.25. The van der Waals surface area contributed by atoms with Crippen molar-refractivity contribution in [3.63, 3.8) is 0 Å². The minimum absolute atomic E-state index is 0.141. The number of carbonyl (C=O) groups excluding carboxylic acids is 1. The Morgan fingerprint density at radius 2 is 2.25 bits per heavy atom. The Hall–Kier alpha value is -0.260. The van der Waals surface area contributed by atoms with Gasteiger partial charge in [-0.15, -0.1) is 0 Å². The Kier molecular flexibility index (Phi) is 4.93. The van der Waals surface area contributed by atoms with Gasteiger partial charge < -0.3 is 10.1 Å². The number of nitrogens with zero attached hydrogens (tertiary/aromatic N) is 1. The first-order chi connectivity index (χ1) is 7.84. The molecule has 2 rings (SSSR count). The van der Waals surface area contributed by atoms with Crippen LogP contribution in [0.2, 0.25) is 0 Å². The second-order valence-corrected chi connectivity index (χ2v) is 5.55. The molecule has 2 heterocycles. The molecule has 0 bridgehead atoms. The van der Waals surface area contributed by atoms with Crippen LogP contribution in [0.3, 0.4) is 0 Å². The summed E-state index contributed by atoms with van der Waals surface area (Å²) in [6.45, 7) is 4.16. The molecule has 5 heteroatoms. The lowest BCUT2D eigenvalue weighted by molar-refractivity contribution is -0.122. The molecule has 1 amide bonds. The fraction of sp³-hybridized carbons (Fsp3) is 0.909. The summed E-state index contributed by atoms with van der Waals surface area (Å²) < 4.78 is 5.46. The SMILES string of the molecule is O=C(CN1CCSCC1)NC[C@@H]1CCCO1. The van der Waals surface area contributed by atoms with Gasteiger partial charge in [0.15, 0.2) is 0 Å². The van der Waals surface area contributed by atoms with Gasteiger partial charge in [0.25, 0.3) is 0 Å². The fourth-order valence-corrected chi connectivity index (χ4v) is 3.03. The van der Waals surface area contributed by atoms with Crippen molar-refractivity contribution in [3.8, 4) is 0 Å². The van der Waals surface area contributed by atoms with Crippen LogP contribution in [0.15, 0.2) is 0 Å². The highest BCUT2D eigenvalue weighted by molar-refractivity contribution is 7.99. The lowest BCUT2D eigenvalue weighted by atomic mass is 10.2. The van der Waals surface area contributed by atoms with Gasteiger partial charge in [0.2, 0.25) is 5.91 Å². The van der Waals surface area contributed by atoms with E-state index in [1.165, 1.54) is 0 Å². The topological polar surface area (TPSA) is 41.6 Å². The molecule has 1 atom stereocenters. The van der Waals surface area contributed by atoms with E-state index < -0.39 is 0 Å². The zero-order chi connectivity index (χ0) is 11.2. The normalized spacial score (nSPS) is 26.9. The summed E-state index contributed by atoms with van der Waals surface area (Å²) >= 11 is 1.97. The highest BCUT2D eigenvalue weighted by atomic mass is 32.2. The quantitative estimate of drug-likeness (QED) is 0.774. The Bertz CT molecular complexity index is 226. The van der Waals surface area contributed by atoms with Crippen molar-refractivity contribution in [1.29, 1.82) is 0 Å². The van der Waals surface area contributed by atoms with Gasteiger partial charge >= 0.3 is 0 Å². The van der Waals surface area contributed by atoms with Gasteiger partial charge in [-0.05, 0) is 12.8 Å². The van der Waals surface area contributed by atoms with Crippen LogP contribution in [0.1, 0.15) is 12.8 Å². The molecule has 0 aromatic heterocycles. The number of thioether (sulfide) groups is 1. The van der Waals surface area contributed by atoms with Gasteiger partial charge in [-0.2, -0.15) is 11.8 Å². The molecule has 0 aliphatic carbocycles. The van der Waals surface area contributed by atoms with Crippen molar-refractivity contribution in [2.24, 2.45) is 0 Å². The molecule has 16 heavy (non-hydrogen) atoms. The van der Waals surface area contributed by atoms with E-state index in [1.54, 1.807) is 0 Å². The Labute approximate surface area is 101 Å².